The van der Waals surface area contributed by atoms with Crippen molar-refractivity contribution >= 4 is 35.7 Å². The van der Waals surface area contributed by atoms with Gasteiger partial charge in [0.2, 0.25) is 0 Å². The number of hydrogen-bond acceptors (Lipinski definition) is 9. The van der Waals surface area contributed by atoms with Gasteiger partial charge >= 0.3 is 11.9 Å². The Labute approximate surface area is 371 Å². The molecule has 0 aliphatic heterocycles. The Morgan fingerprint density at radius 2 is 0.857 bits per heavy atom. The molecule has 9 heteroatoms. The first-order valence-corrected chi connectivity index (χ1v) is 22.0. The van der Waals surface area contributed by atoms with Crippen molar-refractivity contribution in [2.24, 2.45) is 9.98 Å². The second-order valence-corrected chi connectivity index (χ2v) is 15.1. The zero-order valence-electron chi connectivity index (χ0n) is 36.2. The third kappa shape index (κ3) is 15.8. The van der Waals surface area contributed by atoms with E-state index in [1.54, 1.807) is 85.2 Å². The Kier molecular flexibility index (Phi) is 18.1. The topological polar surface area (TPSA) is 105 Å². The van der Waals surface area contributed by atoms with Gasteiger partial charge < -0.3 is 23.7 Å². The third-order valence-electron chi connectivity index (χ3n) is 10.0. The Morgan fingerprint density at radius 1 is 0.429 bits per heavy atom. The van der Waals surface area contributed by atoms with Crippen LogP contribution in [0.25, 0.3) is 0 Å². The first-order chi connectivity index (χ1) is 30.9. The van der Waals surface area contributed by atoms with E-state index in [0.29, 0.717) is 47.3 Å². The normalized spacial score (nSPS) is 11.1. The van der Waals surface area contributed by atoms with Gasteiger partial charge in [0, 0.05) is 18.5 Å². The highest BCUT2D eigenvalue weighted by atomic mass is 16.5. The maximum atomic E-state index is 12.7. The van der Waals surface area contributed by atoms with Gasteiger partial charge in [-0.15, -0.1) is 0 Å². The van der Waals surface area contributed by atoms with Crippen LogP contribution >= 0.6 is 0 Å². The molecule has 0 spiro atoms. The minimum atomic E-state index is -0.432. The fourth-order valence-electron chi connectivity index (χ4n) is 6.40. The molecule has 0 radical (unpaired) electrons. The quantitative estimate of drug-likeness (QED) is 0.0258. The lowest BCUT2D eigenvalue weighted by Crippen LogP contribution is -2.08. The van der Waals surface area contributed by atoms with E-state index in [0.717, 1.165) is 59.7 Å². The number of ether oxygens (including phenoxy) is 5. The second kappa shape index (κ2) is 25.1. The fourth-order valence-corrected chi connectivity index (χ4v) is 6.40. The number of benzene rings is 6. The van der Waals surface area contributed by atoms with E-state index in [2.05, 4.69) is 23.8 Å². The summed E-state index contributed by atoms with van der Waals surface area (Å²) in [5, 5.41) is 0. The highest BCUT2D eigenvalue weighted by Gasteiger charge is 2.11. The molecule has 0 N–H and O–H groups in total. The summed E-state index contributed by atoms with van der Waals surface area (Å²) in [6, 6.07) is 43.4. The molecular weight excluding hydrogens is 789 g/mol. The molecule has 6 rings (SSSR count). The minimum absolute atomic E-state index is 0.430. The van der Waals surface area contributed by atoms with Crippen LogP contribution in [0.4, 0.5) is 11.4 Å². The Morgan fingerprint density at radius 3 is 1.33 bits per heavy atom. The summed E-state index contributed by atoms with van der Waals surface area (Å²) in [6.45, 7) is 5.75. The summed E-state index contributed by atoms with van der Waals surface area (Å²) in [6.07, 6.45) is 15.3. The van der Waals surface area contributed by atoms with Gasteiger partial charge in [-0.2, -0.15) is 0 Å². The van der Waals surface area contributed by atoms with Gasteiger partial charge in [0.05, 0.1) is 35.7 Å². The zero-order chi connectivity index (χ0) is 43.9. The van der Waals surface area contributed by atoms with Gasteiger partial charge in [0.25, 0.3) is 0 Å². The molecule has 6 aromatic rings. The average Bonchev–Trinajstić information content (AvgIpc) is 3.32. The van der Waals surface area contributed by atoms with Gasteiger partial charge in [-0.1, -0.05) is 71.3 Å². The number of esters is 2. The van der Waals surface area contributed by atoms with Crippen molar-refractivity contribution in [3.8, 4) is 34.5 Å². The standard InChI is InChI=1S/C54H56N2O7/c1-3-5-7-9-11-36-59-47-30-20-43(21-31-47)53(57)62-50-26-16-41(17-27-50)39-55-45-24-34-49(35-25-45)61-52-15-13-14-46(38-52)56-40-42-18-28-51(29-19-42)63-54(58)44-22-32-48(33-23-44)60-37-12-10-8-6-4-2/h13-35,38-40H,3-12,36-37H2,1-2H3. The van der Waals surface area contributed by atoms with Crippen molar-refractivity contribution < 1.29 is 33.3 Å². The van der Waals surface area contributed by atoms with Gasteiger partial charge in [-0.3, -0.25) is 9.98 Å². The lowest BCUT2D eigenvalue weighted by Gasteiger charge is -2.08. The summed E-state index contributed by atoms with van der Waals surface area (Å²) < 4.78 is 28.9. The average molecular weight is 845 g/mol. The molecule has 0 bridgehead atoms. The molecule has 0 atom stereocenters. The Bertz CT molecular complexity index is 2360. The van der Waals surface area contributed by atoms with Crippen LogP contribution in [0.5, 0.6) is 34.5 Å². The SMILES string of the molecule is CCCCCCCOc1ccc(C(=O)Oc2ccc(C=Nc3ccc(Oc4cccc(N=Cc5ccc(OC(=O)c6ccc(OCCCCCCC)cc6)cc5)c4)cc3)cc2)cc1. The van der Waals surface area contributed by atoms with E-state index in [1.807, 2.05) is 72.8 Å². The molecule has 0 aliphatic rings. The molecule has 6 aromatic carbocycles. The van der Waals surface area contributed by atoms with Crippen molar-refractivity contribution in [1.82, 2.24) is 0 Å². The number of carbonyl (C=O) groups excluding carboxylic acids is 2. The molecule has 9 nitrogen and oxygen atoms in total. The lowest BCUT2D eigenvalue weighted by atomic mass is 10.2. The maximum absolute atomic E-state index is 12.7. The summed E-state index contributed by atoms with van der Waals surface area (Å²) in [5.41, 5.74) is 4.09. The highest BCUT2D eigenvalue weighted by molar-refractivity contribution is 5.92. The Hall–Kier alpha value is -7.00. The number of hydrogen-bond donors (Lipinski definition) is 0. The number of unbranched alkanes of at least 4 members (excludes halogenated alkanes) is 8. The minimum Gasteiger partial charge on any atom is -0.494 e. The van der Waals surface area contributed by atoms with Crippen LogP contribution in [0.1, 0.15) is 110 Å². The van der Waals surface area contributed by atoms with Gasteiger partial charge in [-0.25, -0.2) is 9.59 Å². The van der Waals surface area contributed by atoms with Crippen LogP contribution in [0.2, 0.25) is 0 Å². The molecular formula is C54H56N2O7. The molecule has 0 aromatic heterocycles. The molecule has 63 heavy (non-hydrogen) atoms. The maximum Gasteiger partial charge on any atom is 0.343 e. The smallest absolute Gasteiger partial charge is 0.343 e. The first-order valence-electron chi connectivity index (χ1n) is 22.0. The number of aliphatic imine (C=N–C) groups is 2. The number of carbonyl (C=O) groups is 2. The van der Waals surface area contributed by atoms with Crippen molar-refractivity contribution in [3.63, 3.8) is 0 Å². The fraction of sp³-hybridized carbons (Fsp3) is 0.259. The molecule has 324 valence electrons. The van der Waals surface area contributed by atoms with Crippen LogP contribution in [-0.2, 0) is 0 Å². The molecule has 0 fully saturated rings. The van der Waals surface area contributed by atoms with Crippen molar-refractivity contribution in [2.75, 3.05) is 13.2 Å². The predicted molar refractivity (Wildman–Crippen MR) is 252 cm³/mol. The van der Waals surface area contributed by atoms with Crippen LogP contribution < -0.4 is 23.7 Å². The van der Waals surface area contributed by atoms with Crippen LogP contribution in [-0.4, -0.2) is 37.6 Å². The van der Waals surface area contributed by atoms with Gasteiger partial charge in [-0.05, 0) is 157 Å². The molecule has 0 heterocycles. The lowest BCUT2D eigenvalue weighted by molar-refractivity contribution is 0.0725. The van der Waals surface area contributed by atoms with Crippen molar-refractivity contribution in [1.29, 1.82) is 0 Å². The zero-order valence-corrected chi connectivity index (χ0v) is 36.2. The molecule has 0 saturated carbocycles. The van der Waals surface area contributed by atoms with Gasteiger partial charge in [0.15, 0.2) is 0 Å². The van der Waals surface area contributed by atoms with Crippen LogP contribution in [0.3, 0.4) is 0 Å². The van der Waals surface area contributed by atoms with Crippen LogP contribution in [0, 0.1) is 0 Å². The van der Waals surface area contributed by atoms with Crippen molar-refractivity contribution in [2.45, 2.75) is 78.1 Å². The van der Waals surface area contributed by atoms with E-state index in [1.165, 1.54) is 38.5 Å². The first kappa shape index (κ1) is 45.5. The summed E-state index contributed by atoms with van der Waals surface area (Å²) in [4.78, 5) is 34.6. The molecule has 0 aliphatic carbocycles. The molecule has 0 saturated heterocycles. The molecule has 0 amide bonds. The predicted octanol–water partition coefficient (Wildman–Crippen LogP) is 14.1. The van der Waals surface area contributed by atoms with Crippen LogP contribution in [0.15, 0.2) is 156 Å². The third-order valence-corrected chi connectivity index (χ3v) is 10.0. The molecule has 0 unspecified atom stereocenters. The van der Waals surface area contributed by atoms with E-state index in [4.69, 9.17) is 23.7 Å². The second-order valence-electron chi connectivity index (χ2n) is 15.1. The number of rotatable bonds is 24. The number of nitrogens with zero attached hydrogens (tertiary/aromatic N) is 2. The summed E-state index contributed by atoms with van der Waals surface area (Å²) in [5.74, 6) is 2.81. The summed E-state index contributed by atoms with van der Waals surface area (Å²) in [7, 11) is 0. The van der Waals surface area contributed by atoms with E-state index >= 15 is 0 Å². The largest absolute Gasteiger partial charge is 0.494 e. The van der Waals surface area contributed by atoms with E-state index < -0.39 is 11.9 Å². The highest BCUT2D eigenvalue weighted by Crippen LogP contribution is 2.28. The van der Waals surface area contributed by atoms with E-state index in [9.17, 15) is 9.59 Å². The van der Waals surface area contributed by atoms with Gasteiger partial charge in [0.1, 0.15) is 34.5 Å². The summed E-state index contributed by atoms with van der Waals surface area (Å²) >= 11 is 0. The van der Waals surface area contributed by atoms with Crippen molar-refractivity contribution in [3.05, 3.63) is 168 Å². The van der Waals surface area contributed by atoms with E-state index in [-0.39, 0.29) is 0 Å². The Balaban J connectivity index is 0.918. The monoisotopic (exact) mass is 844 g/mol.